The van der Waals surface area contributed by atoms with Crippen LogP contribution >= 0.6 is 0 Å². The van der Waals surface area contributed by atoms with E-state index in [0.29, 0.717) is 0 Å². The van der Waals surface area contributed by atoms with Crippen molar-refractivity contribution in [3.63, 3.8) is 0 Å². The number of rotatable bonds is 2. The molecule has 0 radical (unpaired) electrons. The Morgan fingerprint density at radius 3 is 1.77 bits per heavy atom. The molecule has 0 fully saturated rings. The van der Waals surface area contributed by atoms with Crippen molar-refractivity contribution in [3.05, 3.63) is 176 Å². The molecule has 10 aromatic carbocycles. The Kier molecular flexibility index (Phi) is 5.86. The smallest absolute Gasteiger partial charge is 0.165 e. The maximum atomic E-state index is 6.47. The molecule has 258 valence electrons. The fraction of sp³-hybridized carbons (Fsp3) is 0. The molecule has 0 spiro atoms. The Morgan fingerprint density at radius 2 is 0.964 bits per heavy atom. The van der Waals surface area contributed by atoms with Crippen molar-refractivity contribution in [1.29, 1.82) is 0 Å². The molecule has 0 atom stereocenters. The van der Waals surface area contributed by atoms with Gasteiger partial charge in [0.05, 0.1) is 22.1 Å². The van der Waals surface area contributed by atoms with E-state index in [1.807, 2.05) is 12.1 Å². The van der Waals surface area contributed by atoms with E-state index in [2.05, 4.69) is 168 Å². The molecule has 0 unspecified atom stereocenters. The second kappa shape index (κ2) is 11.0. The van der Waals surface area contributed by atoms with Crippen LogP contribution in [0, 0.1) is 0 Å². The summed E-state index contributed by atoms with van der Waals surface area (Å²) in [6.45, 7) is 0. The minimum Gasteiger partial charge on any atom is -0.456 e. The SMILES string of the molecule is c1ccc2c(c1)ccc1nc(-n3c4ccc5c6ccccc6c6ccccc6c5c4c4ccc5ccccc5c43)c(-c3ccc4c(c3)oc3ccccc34)nc12. The molecule has 0 aliphatic carbocycles. The molecule has 4 heteroatoms. The molecule has 0 aliphatic rings. The van der Waals surface area contributed by atoms with E-state index in [-0.39, 0.29) is 0 Å². The van der Waals surface area contributed by atoms with Gasteiger partial charge in [-0.05, 0) is 68.0 Å². The van der Waals surface area contributed by atoms with E-state index in [1.54, 1.807) is 0 Å². The zero-order valence-corrected chi connectivity index (χ0v) is 30.0. The normalized spacial score (nSPS) is 12.3. The van der Waals surface area contributed by atoms with Gasteiger partial charge in [-0.2, -0.15) is 0 Å². The maximum Gasteiger partial charge on any atom is 0.165 e. The molecule has 0 aliphatic heterocycles. The molecule has 3 heterocycles. The van der Waals surface area contributed by atoms with E-state index >= 15 is 0 Å². The van der Waals surface area contributed by atoms with Crippen molar-refractivity contribution in [1.82, 2.24) is 14.5 Å². The van der Waals surface area contributed by atoms with Crippen LogP contribution in [0.1, 0.15) is 0 Å². The molecule has 4 nitrogen and oxygen atoms in total. The van der Waals surface area contributed by atoms with E-state index < -0.39 is 0 Å². The average molecular weight is 712 g/mol. The molecule has 0 N–H and O–H groups in total. The molecular formula is C52H29N3O. The summed E-state index contributed by atoms with van der Waals surface area (Å²) in [4.78, 5) is 11.2. The van der Waals surface area contributed by atoms with E-state index in [1.165, 1.54) is 53.9 Å². The zero-order valence-electron chi connectivity index (χ0n) is 30.0. The second-order valence-corrected chi connectivity index (χ2v) is 14.9. The Labute approximate surface area is 319 Å². The number of aromatic nitrogens is 3. The third kappa shape index (κ3) is 3.97. The Morgan fingerprint density at radius 1 is 0.393 bits per heavy atom. The van der Waals surface area contributed by atoms with Gasteiger partial charge in [0.1, 0.15) is 16.9 Å². The van der Waals surface area contributed by atoms with Gasteiger partial charge in [-0.25, -0.2) is 9.97 Å². The highest BCUT2D eigenvalue weighted by molar-refractivity contribution is 6.36. The summed E-state index contributed by atoms with van der Waals surface area (Å²) in [5.41, 5.74) is 7.36. The van der Waals surface area contributed by atoms with Gasteiger partial charge in [-0.1, -0.05) is 146 Å². The van der Waals surface area contributed by atoms with Gasteiger partial charge in [-0.15, -0.1) is 0 Å². The zero-order chi connectivity index (χ0) is 36.5. The Hall–Kier alpha value is -7.56. The van der Waals surface area contributed by atoms with Crippen LogP contribution in [-0.4, -0.2) is 14.5 Å². The van der Waals surface area contributed by atoms with Crippen LogP contribution in [-0.2, 0) is 0 Å². The van der Waals surface area contributed by atoms with Crippen LogP contribution < -0.4 is 0 Å². The summed E-state index contributed by atoms with van der Waals surface area (Å²) in [5, 5.41) is 16.6. The maximum absolute atomic E-state index is 6.47. The topological polar surface area (TPSA) is 43.9 Å². The van der Waals surface area contributed by atoms with Gasteiger partial charge < -0.3 is 4.42 Å². The number of nitrogens with zero attached hydrogens (tertiary/aromatic N) is 3. The van der Waals surface area contributed by atoms with Crippen LogP contribution in [0.5, 0.6) is 0 Å². The van der Waals surface area contributed by atoms with Gasteiger partial charge in [0.2, 0.25) is 0 Å². The molecule has 56 heavy (non-hydrogen) atoms. The molecule has 0 saturated carbocycles. The first kappa shape index (κ1) is 29.8. The highest BCUT2D eigenvalue weighted by atomic mass is 16.3. The number of benzene rings is 10. The Bertz CT molecular complexity index is 3800. The second-order valence-electron chi connectivity index (χ2n) is 14.9. The van der Waals surface area contributed by atoms with Crippen molar-refractivity contribution in [2.24, 2.45) is 0 Å². The van der Waals surface area contributed by atoms with Gasteiger partial charge in [0.15, 0.2) is 5.82 Å². The summed E-state index contributed by atoms with van der Waals surface area (Å²) in [6, 6.07) is 63.0. The molecular weight excluding hydrogens is 683 g/mol. The highest BCUT2D eigenvalue weighted by Crippen LogP contribution is 2.46. The highest BCUT2D eigenvalue weighted by Gasteiger charge is 2.24. The largest absolute Gasteiger partial charge is 0.456 e. The van der Waals surface area contributed by atoms with Crippen LogP contribution in [0.4, 0.5) is 0 Å². The van der Waals surface area contributed by atoms with Crippen LogP contribution in [0.3, 0.4) is 0 Å². The van der Waals surface area contributed by atoms with E-state index in [9.17, 15) is 0 Å². The lowest BCUT2D eigenvalue weighted by Crippen LogP contribution is -2.04. The molecule has 0 bridgehead atoms. The predicted molar refractivity (Wildman–Crippen MR) is 234 cm³/mol. The van der Waals surface area contributed by atoms with Crippen molar-refractivity contribution >= 4 is 109 Å². The van der Waals surface area contributed by atoms with Gasteiger partial charge in [0.25, 0.3) is 0 Å². The number of hydrogen-bond donors (Lipinski definition) is 0. The van der Waals surface area contributed by atoms with Gasteiger partial charge in [0, 0.05) is 43.3 Å². The monoisotopic (exact) mass is 711 g/mol. The first-order valence-electron chi connectivity index (χ1n) is 19.1. The molecule has 13 aromatic rings. The van der Waals surface area contributed by atoms with Crippen molar-refractivity contribution in [3.8, 4) is 17.1 Å². The third-order valence-electron chi connectivity index (χ3n) is 11.9. The summed E-state index contributed by atoms with van der Waals surface area (Å²) in [6.07, 6.45) is 0. The predicted octanol–water partition coefficient (Wildman–Crippen LogP) is 14.1. The molecule has 0 saturated heterocycles. The molecule has 13 rings (SSSR count). The first-order chi connectivity index (χ1) is 27.8. The summed E-state index contributed by atoms with van der Waals surface area (Å²) < 4.78 is 8.86. The van der Waals surface area contributed by atoms with Crippen LogP contribution in [0.25, 0.3) is 126 Å². The van der Waals surface area contributed by atoms with Gasteiger partial charge in [-0.3, -0.25) is 4.57 Å². The summed E-state index contributed by atoms with van der Waals surface area (Å²) in [7, 11) is 0. The van der Waals surface area contributed by atoms with E-state index in [0.717, 1.165) is 71.9 Å². The molecule has 0 amide bonds. The number of hydrogen-bond acceptors (Lipinski definition) is 3. The van der Waals surface area contributed by atoms with Gasteiger partial charge >= 0.3 is 0 Å². The van der Waals surface area contributed by atoms with Crippen molar-refractivity contribution in [2.75, 3.05) is 0 Å². The first-order valence-corrected chi connectivity index (χ1v) is 19.1. The quantitative estimate of drug-likeness (QED) is 0.168. The lowest BCUT2D eigenvalue weighted by Gasteiger charge is -2.16. The van der Waals surface area contributed by atoms with Crippen LogP contribution in [0.2, 0.25) is 0 Å². The number of fused-ring (bicyclic) bond motifs is 18. The lowest BCUT2D eigenvalue weighted by atomic mass is 9.91. The van der Waals surface area contributed by atoms with Crippen molar-refractivity contribution in [2.45, 2.75) is 0 Å². The standard InChI is InChI=1S/C52H29N3O/c1-3-13-33-30(11-1)23-27-43-50(33)54-49(32-22-24-39-38-18-9-10-20-45(38)56-46(39)29-32)52(53-43)55-44-28-26-41-37-17-6-5-15-35(37)36-16-7-8-19-40(36)47(41)48(44)42-25-21-31-12-2-4-14-34(31)51(42)55/h1-29H. The fourth-order valence-electron chi connectivity index (χ4n) is 9.48. The average Bonchev–Trinajstić information content (AvgIpc) is 3.81. The number of furan rings is 1. The summed E-state index contributed by atoms with van der Waals surface area (Å²) in [5.74, 6) is 0.782. The molecule has 3 aromatic heterocycles. The minimum atomic E-state index is 0.782. The van der Waals surface area contributed by atoms with Crippen LogP contribution in [0.15, 0.2) is 180 Å². The number of para-hydroxylation sites is 1. The Balaban J connectivity index is 1.24. The minimum absolute atomic E-state index is 0.782. The third-order valence-corrected chi connectivity index (χ3v) is 11.9. The van der Waals surface area contributed by atoms with E-state index in [4.69, 9.17) is 14.4 Å². The summed E-state index contributed by atoms with van der Waals surface area (Å²) >= 11 is 0. The fourth-order valence-corrected chi connectivity index (χ4v) is 9.48. The lowest BCUT2D eigenvalue weighted by molar-refractivity contribution is 0.669. The van der Waals surface area contributed by atoms with Crippen molar-refractivity contribution < 1.29 is 4.42 Å².